The summed E-state index contributed by atoms with van der Waals surface area (Å²) in [5.41, 5.74) is 0.980. The summed E-state index contributed by atoms with van der Waals surface area (Å²) in [6.07, 6.45) is -0.640. The Hall–Kier alpha value is -1.65. The average Bonchev–Trinajstić information content (AvgIpc) is 3.26. The normalized spacial score (nSPS) is 26.3. The fourth-order valence-corrected chi connectivity index (χ4v) is 5.43. The predicted octanol–water partition coefficient (Wildman–Crippen LogP) is 2.62. The molecule has 110 valence electrons. The molecule has 4 atom stereocenters. The van der Waals surface area contributed by atoms with Crippen molar-refractivity contribution in [2.45, 2.75) is 29.1 Å². The molecule has 1 saturated carbocycles. The molecule has 0 bridgehead atoms. The van der Waals surface area contributed by atoms with Gasteiger partial charge in [0.05, 0.1) is 16.2 Å². The molecule has 0 aromatic heterocycles. The van der Waals surface area contributed by atoms with E-state index < -0.39 is 21.2 Å². The van der Waals surface area contributed by atoms with Crippen LogP contribution in [0.5, 0.6) is 0 Å². The number of hydrogen-bond acceptors (Lipinski definition) is 3. The lowest BCUT2D eigenvalue weighted by molar-refractivity contribution is 0.169. The zero-order chi connectivity index (χ0) is 15.0. The van der Waals surface area contributed by atoms with E-state index in [4.69, 9.17) is 0 Å². The van der Waals surface area contributed by atoms with E-state index in [0.29, 0.717) is 4.90 Å². The van der Waals surface area contributed by atoms with Gasteiger partial charge in [0.15, 0.2) is 9.84 Å². The Balaban J connectivity index is 1.98. The van der Waals surface area contributed by atoms with Crippen LogP contribution in [0.1, 0.15) is 18.4 Å². The fourth-order valence-electron chi connectivity index (χ4n) is 3.13. The molecule has 0 spiro atoms. The number of aliphatic hydroxyl groups excluding tert-OH is 1. The van der Waals surface area contributed by atoms with Gasteiger partial charge in [-0.1, -0.05) is 48.5 Å². The first-order valence-corrected chi connectivity index (χ1v) is 8.60. The third-order valence-corrected chi connectivity index (χ3v) is 6.43. The zero-order valence-corrected chi connectivity index (χ0v) is 12.6. The molecule has 4 heteroatoms. The van der Waals surface area contributed by atoms with E-state index in [-0.39, 0.29) is 11.8 Å². The van der Waals surface area contributed by atoms with Gasteiger partial charge in [0, 0.05) is 11.8 Å². The van der Waals surface area contributed by atoms with E-state index in [9.17, 15) is 13.5 Å². The molecule has 21 heavy (non-hydrogen) atoms. The molecule has 1 aliphatic carbocycles. The van der Waals surface area contributed by atoms with Gasteiger partial charge in [-0.05, 0) is 24.6 Å². The molecule has 1 aliphatic rings. The van der Waals surface area contributed by atoms with Crippen molar-refractivity contribution < 1.29 is 13.5 Å². The van der Waals surface area contributed by atoms with E-state index in [0.717, 1.165) is 5.56 Å². The lowest BCUT2D eigenvalue weighted by atomic mass is 10.1. The predicted molar refractivity (Wildman–Crippen MR) is 81.8 cm³/mol. The summed E-state index contributed by atoms with van der Waals surface area (Å²) in [6.45, 7) is 1.67. The topological polar surface area (TPSA) is 54.4 Å². The van der Waals surface area contributed by atoms with Crippen LogP contribution in [0.3, 0.4) is 0 Å². The standard InChI is InChI=1S/C17H18O3S/c1-12(18)15-16(13-8-4-2-5-9-13)17(15)21(19,20)14-10-6-3-7-11-14/h2-12,15-18H,1H3/t12-,15-,16+,17+/m1/s1. The van der Waals surface area contributed by atoms with Gasteiger partial charge < -0.3 is 5.11 Å². The fraction of sp³-hybridized carbons (Fsp3) is 0.294. The largest absolute Gasteiger partial charge is 0.393 e. The van der Waals surface area contributed by atoms with Crippen molar-refractivity contribution in [3.63, 3.8) is 0 Å². The molecular formula is C17H18O3S. The second-order valence-corrected chi connectivity index (χ2v) is 7.68. The summed E-state index contributed by atoms with van der Waals surface area (Å²) in [5.74, 6) is -0.367. The van der Waals surface area contributed by atoms with Crippen LogP contribution >= 0.6 is 0 Å². The van der Waals surface area contributed by atoms with Gasteiger partial charge in [-0.15, -0.1) is 0 Å². The Morgan fingerprint density at radius 2 is 1.48 bits per heavy atom. The monoisotopic (exact) mass is 302 g/mol. The van der Waals surface area contributed by atoms with Gasteiger partial charge in [-0.25, -0.2) is 8.42 Å². The molecular weight excluding hydrogens is 284 g/mol. The molecule has 0 aliphatic heterocycles. The summed E-state index contributed by atoms with van der Waals surface area (Å²) in [5, 5.41) is 9.40. The highest BCUT2D eigenvalue weighted by molar-refractivity contribution is 7.92. The summed E-state index contributed by atoms with van der Waals surface area (Å²) in [6, 6.07) is 18.1. The number of rotatable bonds is 4. The molecule has 0 amide bonds. The summed E-state index contributed by atoms with van der Waals surface area (Å²) in [7, 11) is -3.42. The van der Waals surface area contributed by atoms with Crippen molar-refractivity contribution >= 4 is 9.84 Å². The molecule has 1 fully saturated rings. The van der Waals surface area contributed by atoms with Gasteiger partial charge in [0.2, 0.25) is 0 Å². The quantitative estimate of drug-likeness (QED) is 0.944. The molecule has 1 N–H and O–H groups in total. The van der Waals surface area contributed by atoms with Crippen LogP contribution in [0.15, 0.2) is 65.6 Å². The Morgan fingerprint density at radius 1 is 0.952 bits per heavy atom. The highest BCUT2D eigenvalue weighted by atomic mass is 32.2. The third kappa shape index (κ3) is 2.49. The SMILES string of the molecule is C[C@@H](O)[C@@H]1[C@H](c2ccccc2)[C@H]1S(=O)(=O)c1ccccc1. The number of sulfone groups is 1. The molecule has 3 nitrogen and oxygen atoms in total. The first-order valence-electron chi connectivity index (χ1n) is 7.05. The maximum Gasteiger partial charge on any atom is 0.182 e. The molecule has 0 heterocycles. The first-order chi connectivity index (χ1) is 10.0. The Labute approximate surface area is 125 Å². The van der Waals surface area contributed by atoms with Gasteiger partial charge in [0.25, 0.3) is 0 Å². The van der Waals surface area contributed by atoms with Crippen LogP contribution in [0, 0.1) is 5.92 Å². The number of aliphatic hydroxyl groups is 1. The Bertz CT molecular complexity index is 708. The zero-order valence-electron chi connectivity index (χ0n) is 11.8. The summed E-state index contributed by atoms with van der Waals surface area (Å²) >= 11 is 0. The van der Waals surface area contributed by atoms with Gasteiger partial charge in [-0.3, -0.25) is 0 Å². The lowest BCUT2D eigenvalue weighted by Gasteiger charge is -2.04. The second kappa shape index (κ2) is 5.28. The minimum atomic E-state index is -3.42. The number of hydrogen-bond donors (Lipinski definition) is 1. The van der Waals surface area contributed by atoms with Crippen molar-refractivity contribution in [3.05, 3.63) is 66.2 Å². The van der Waals surface area contributed by atoms with Crippen molar-refractivity contribution in [2.75, 3.05) is 0 Å². The third-order valence-electron chi connectivity index (χ3n) is 4.18. The smallest absolute Gasteiger partial charge is 0.182 e. The summed E-state index contributed by atoms with van der Waals surface area (Å²) in [4.78, 5) is 0.332. The lowest BCUT2D eigenvalue weighted by Crippen LogP contribution is -2.14. The summed E-state index contributed by atoms with van der Waals surface area (Å²) < 4.78 is 25.6. The maximum absolute atomic E-state index is 12.8. The van der Waals surface area contributed by atoms with E-state index in [1.807, 2.05) is 30.3 Å². The number of benzene rings is 2. The van der Waals surface area contributed by atoms with E-state index >= 15 is 0 Å². The average molecular weight is 302 g/mol. The van der Waals surface area contributed by atoms with Crippen molar-refractivity contribution in [1.29, 1.82) is 0 Å². The minimum Gasteiger partial charge on any atom is -0.393 e. The van der Waals surface area contributed by atoms with Gasteiger partial charge >= 0.3 is 0 Å². The van der Waals surface area contributed by atoms with Crippen LogP contribution in [0.2, 0.25) is 0 Å². The molecule has 2 aromatic carbocycles. The maximum atomic E-state index is 12.8. The molecule has 3 rings (SSSR count). The van der Waals surface area contributed by atoms with Crippen LogP contribution in [-0.2, 0) is 9.84 Å². The van der Waals surface area contributed by atoms with E-state index in [2.05, 4.69) is 0 Å². The van der Waals surface area contributed by atoms with Crippen LogP contribution in [0.25, 0.3) is 0 Å². The molecule has 2 aromatic rings. The first kappa shape index (κ1) is 14.3. The van der Waals surface area contributed by atoms with E-state index in [1.165, 1.54) is 0 Å². The van der Waals surface area contributed by atoms with Crippen LogP contribution in [-0.4, -0.2) is 24.9 Å². The molecule has 0 radical (unpaired) electrons. The Kier molecular flexibility index (Phi) is 3.59. The van der Waals surface area contributed by atoms with E-state index in [1.54, 1.807) is 37.3 Å². The molecule has 0 saturated heterocycles. The van der Waals surface area contributed by atoms with Crippen molar-refractivity contribution in [1.82, 2.24) is 0 Å². The second-order valence-electron chi connectivity index (χ2n) is 5.58. The van der Waals surface area contributed by atoms with Gasteiger partial charge in [-0.2, -0.15) is 0 Å². The van der Waals surface area contributed by atoms with Crippen molar-refractivity contribution in [2.24, 2.45) is 5.92 Å². The molecule has 0 unspecified atom stereocenters. The highest BCUT2D eigenvalue weighted by Crippen LogP contribution is 2.55. The highest BCUT2D eigenvalue weighted by Gasteiger charge is 2.60. The Morgan fingerprint density at radius 3 is 2.00 bits per heavy atom. The van der Waals surface area contributed by atoms with Crippen LogP contribution < -0.4 is 0 Å². The minimum absolute atomic E-state index is 0.128. The van der Waals surface area contributed by atoms with Crippen LogP contribution in [0.4, 0.5) is 0 Å². The van der Waals surface area contributed by atoms with Gasteiger partial charge in [0.1, 0.15) is 0 Å². The van der Waals surface area contributed by atoms with Crippen molar-refractivity contribution in [3.8, 4) is 0 Å².